The average Bonchev–Trinajstić information content (AvgIpc) is 3.29. The van der Waals surface area contributed by atoms with Gasteiger partial charge in [0.25, 0.3) is 5.56 Å². The molecule has 5 rings (SSSR count). The van der Waals surface area contributed by atoms with Gasteiger partial charge in [-0.1, -0.05) is 18.2 Å². The van der Waals surface area contributed by atoms with E-state index in [1.54, 1.807) is 19.8 Å². The first-order valence-electron chi connectivity index (χ1n) is 11.8. The van der Waals surface area contributed by atoms with Crippen molar-refractivity contribution in [1.29, 1.82) is 0 Å². The number of methoxy groups -OCH3 is 1. The Balaban J connectivity index is 1.26. The predicted octanol–water partition coefficient (Wildman–Crippen LogP) is 2.63. The Morgan fingerprint density at radius 3 is 2.97 bits per heavy atom. The second kappa shape index (κ2) is 9.90. The Kier molecular flexibility index (Phi) is 6.55. The van der Waals surface area contributed by atoms with Crippen molar-refractivity contribution in [2.24, 2.45) is 0 Å². The van der Waals surface area contributed by atoms with Crippen LogP contribution in [0.4, 0.5) is 5.82 Å². The molecule has 1 aliphatic rings. The Morgan fingerprint density at radius 1 is 1.21 bits per heavy atom. The van der Waals surface area contributed by atoms with Gasteiger partial charge in [-0.2, -0.15) is 0 Å². The molecule has 0 saturated carbocycles. The molecule has 1 atom stereocenters. The smallest absolute Gasteiger partial charge is 0.256 e. The van der Waals surface area contributed by atoms with E-state index in [-0.39, 0.29) is 5.56 Å². The zero-order valence-corrected chi connectivity index (χ0v) is 19.8. The normalized spacial score (nSPS) is 16.9. The fourth-order valence-corrected chi connectivity index (χ4v) is 4.86. The van der Waals surface area contributed by atoms with Gasteiger partial charge in [-0.3, -0.25) is 4.79 Å². The summed E-state index contributed by atoms with van der Waals surface area (Å²) >= 11 is 0. The van der Waals surface area contributed by atoms with Crippen LogP contribution in [0.25, 0.3) is 21.9 Å². The summed E-state index contributed by atoms with van der Waals surface area (Å²) in [6.07, 6.45) is 5.61. The number of aromatic nitrogens is 5. The first-order valence-corrected chi connectivity index (χ1v) is 11.8. The molecule has 4 heterocycles. The number of nitrogens with zero attached hydrogens (tertiary/aromatic N) is 6. The SMILES string of the molecule is COCCn1cnc2c(N(C)CCN3CCCC(c4cc5ccccc5c(=O)[nH]4)C3)ncnc21. The highest BCUT2D eigenvalue weighted by Crippen LogP contribution is 2.27. The maximum Gasteiger partial charge on any atom is 0.256 e. The number of rotatable bonds is 8. The maximum absolute atomic E-state index is 12.6. The van der Waals surface area contributed by atoms with E-state index in [4.69, 9.17) is 4.74 Å². The Hall–Kier alpha value is -3.30. The quantitative estimate of drug-likeness (QED) is 0.431. The molecule has 1 aromatic carbocycles. The number of ether oxygens (including phenoxy) is 1. The van der Waals surface area contributed by atoms with Crippen molar-refractivity contribution < 1.29 is 4.74 Å². The molecule has 1 unspecified atom stereocenters. The minimum absolute atomic E-state index is 0.00247. The van der Waals surface area contributed by atoms with Crippen molar-refractivity contribution in [3.8, 4) is 0 Å². The third-order valence-electron chi connectivity index (χ3n) is 6.75. The van der Waals surface area contributed by atoms with Crippen molar-refractivity contribution in [2.45, 2.75) is 25.3 Å². The van der Waals surface area contributed by atoms with Crippen molar-refractivity contribution in [1.82, 2.24) is 29.4 Å². The Morgan fingerprint density at radius 2 is 2.09 bits per heavy atom. The van der Waals surface area contributed by atoms with Crippen LogP contribution in [0.1, 0.15) is 24.5 Å². The number of likely N-dealkylation sites (N-methyl/N-ethyl adjacent to an activating group) is 1. The maximum atomic E-state index is 12.6. The van der Waals surface area contributed by atoms with Gasteiger partial charge in [-0.25, -0.2) is 15.0 Å². The van der Waals surface area contributed by atoms with E-state index in [9.17, 15) is 4.79 Å². The van der Waals surface area contributed by atoms with Crippen LogP contribution in [0.15, 0.2) is 47.8 Å². The van der Waals surface area contributed by atoms with Gasteiger partial charge in [0, 0.05) is 57.3 Å². The fourth-order valence-electron chi connectivity index (χ4n) is 4.86. The molecular weight excluding hydrogens is 430 g/mol. The van der Waals surface area contributed by atoms with Crippen molar-refractivity contribution in [3.63, 3.8) is 0 Å². The number of anilines is 1. The summed E-state index contributed by atoms with van der Waals surface area (Å²) in [7, 11) is 3.74. The summed E-state index contributed by atoms with van der Waals surface area (Å²) in [6, 6.07) is 9.94. The molecule has 0 spiro atoms. The lowest BCUT2D eigenvalue weighted by atomic mass is 9.93. The number of aromatic amines is 1. The summed E-state index contributed by atoms with van der Waals surface area (Å²) in [5, 5.41) is 1.76. The van der Waals surface area contributed by atoms with Crippen LogP contribution in [-0.2, 0) is 11.3 Å². The van der Waals surface area contributed by atoms with E-state index in [1.165, 1.54) is 0 Å². The van der Waals surface area contributed by atoms with E-state index in [2.05, 4.69) is 42.8 Å². The van der Waals surface area contributed by atoms with E-state index in [1.807, 2.05) is 28.8 Å². The molecule has 0 aliphatic carbocycles. The first kappa shape index (κ1) is 22.5. The van der Waals surface area contributed by atoms with Crippen LogP contribution in [0.5, 0.6) is 0 Å². The number of H-pyrrole nitrogens is 1. The second-order valence-corrected chi connectivity index (χ2v) is 9.00. The molecule has 34 heavy (non-hydrogen) atoms. The van der Waals surface area contributed by atoms with Crippen LogP contribution < -0.4 is 10.5 Å². The Labute approximate surface area is 198 Å². The van der Waals surface area contributed by atoms with Gasteiger partial charge in [0.15, 0.2) is 17.0 Å². The topological polar surface area (TPSA) is 92.2 Å². The summed E-state index contributed by atoms with van der Waals surface area (Å²) < 4.78 is 7.19. The number of fused-ring (bicyclic) bond motifs is 2. The second-order valence-electron chi connectivity index (χ2n) is 9.00. The van der Waals surface area contributed by atoms with E-state index < -0.39 is 0 Å². The first-order chi connectivity index (χ1) is 16.6. The lowest BCUT2D eigenvalue weighted by Crippen LogP contribution is -2.40. The molecule has 0 amide bonds. The monoisotopic (exact) mass is 461 g/mol. The van der Waals surface area contributed by atoms with E-state index >= 15 is 0 Å². The summed E-state index contributed by atoms with van der Waals surface area (Å²) in [4.78, 5) is 33.8. The number of piperidine rings is 1. The summed E-state index contributed by atoms with van der Waals surface area (Å²) in [5.74, 6) is 1.17. The molecule has 4 aromatic rings. The van der Waals surface area contributed by atoms with Gasteiger partial charge in [0.05, 0.1) is 12.9 Å². The molecular formula is C25H31N7O2. The van der Waals surface area contributed by atoms with Crippen LogP contribution in [0.3, 0.4) is 0 Å². The largest absolute Gasteiger partial charge is 0.383 e. The van der Waals surface area contributed by atoms with Crippen LogP contribution in [0.2, 0.25) is 0 Å². The summed E-state index contributed by atoms with van der Waals surface area (Å²) in [5.41, 5.74) is 2.68. The number of imidazole rings is 1. The average molecular weight is 462 g/mol. The van der Waals surface area contributed by atoms with Gasteiger partial charge in [-0.05, 0) is 36.9 Å². The van der Waals surface area contributed by atoms with Crippen molar-refractivity contribution in [3.05, 3.63) is 59.0 Å². The fraction of sp³-hybridized carbons (Fsp3) is 0.440. The zero-order chi connectivity index (χ0) is 23.5. The number of benzene rings is 1. The molecule has 178 valence electrons. The number of nitrogens with one attached hydrogen (secondary N) is 1. The molecule has 3 aromatic heterocycles. The number of hydrogen-bond donors (Lipinski definition) is 1. The third kappa shape index (κ3) is 4.53. The number of likely N-dealkylation sites (tertiary alicyclic amines) is 1. The minimum atomic E-state index is 0.00247. The highest BCUT2D eigenvalue weighted by Gasteiger charge is 2.23. The van der Waals surface area contributed by atoms with Crippen molar-refractivity contribution in [2.75, 3.05) is 51.8 Å². The van der Waals surface area contributed by atoms with Gasteiger partial charge in [0.1, 0.15) is 6.33 Å². The van der Waals surface area contributed by atoms with E-state index in [0.717, 1.165) is 72.5 Å². The molecule has 9 heteroatoms. The molecule has 1 saturated heterocycles. The highest BCUT2D eigenvalue weighted by atomic mass is 16.5. The molecule has 0 radical (unpaired) electrons. The van der Waals surface area contributed by atoms with Gasteiger partial charge >= 0.3 is 0 Å². The van der Waals surface area contributed by atoms with Gasteiger partial charge < -0.3 is 24.1 Å². The zero-order valence-electron chi connectivity index (χ0n) is 19.8. The van der Waals surface area contributed by atoms with Crippen LogP contribution in [0, 0.1) is 0 Å². The lowest BCUT2D eigenvalue weighted by molar-refractivity contribution is 0.188. The molecule has 9 nitrogen and oxygen atoms in total. The summed E-state index contributed by atoms with van der Waals surface area (Å²) in [6.45, 7) is 5.07. The molecule has 1 aliphatic heterocycles. The third-order valence-corrected chi connectivity index (χ3v) is 6.75. The van der Waals surface area contributed by atoms with Crippen molar-refractivity contribution >= 4 is 27.8 Å². The standard InChI is InChI=1S/C25H31N7O2/c1-30(23-22-24(27-16-26-23)32(17-28-22)12-13-34-2)10-11-31-9-5-7-19(15-31)21-14-18-6-3-4-8-20(18)25(33)29-21/h3-4,6,8,14,16-17,19H,5,7,9-13,15H2,1-2H3,(H,29,33). The molecule has 0 bridgehead atoms. The molecule has 1 fully saturated rings. The number of hydrogen-bond acceptors (Lipinski definition) is 7. The lowest BCUT2D eigenvalue weighted by Gasteiger charge is -2.34. The minimum Gasteiger partial charge on any atom is -0.383 e. The number of pyridine rings is 1. The Bertz CT molecular complexity index is 1330. The van der Waals surface area contributed by atoms with Gasteiger partial charge in [-0.15, -0.1) is 0 Å². The van der Waals surface area contributed by atoms with Crippen LogP contribution >= 0.6 is 0 Å². The van der Waals surface area contributed by atoms with Crippen LogP contribution in [-0.4, -0.2) is 76.3 Å². The predicted molar refractivity (Wildman–Crippen MR) is 133 cm³/mol. The van der Waals surface area contributed by atoms with E-state index in [0.29, 0.717) is 19.1 Å². The highest BCUT2D eigenvalue weighted by molar-refractivity contribution is 5.83. The van der Waals surface area contributed by atoms with Gasteiger partial charge in [0.2, 0.25) is 0 Å². The molecule has 1 N–H and O–H groups in total.